The van der Waals surface area contributed by atoms with Crippen LogP contribution >= 0.6 is 27.3 Å². The topological polar surface area (TPSA) is 59.8 Å². The number of carbonyl (C=O) groups excluding carboxylic acids is 1. The molecule has 1 aromatic carbocycles. The van der Waals surface area contributed by atoms with Crippen molar-refractivity contribution >= 4 is 38.9 Å². The summed E-state index contributed by atoms with van der Waals surface area (Å²) in [7, 11) is 0. The number of hydrogen-bond donors (Lipinski definition) is 1. The normalized spacial score (nSPS) is 10.5. The van der Waals surface area contributed by atoms with Gasteiger partial charge in [0.05, 0.1) is 15.2 Å². The molecule has 2 heterocycles. The van der Waals surface area contributed by atoms with Crippen molar-refractivity contribution in [1.29, 1.82) is 0 Å². The second kappa shape index (κ2) is 6.19. The van der Waals surface area contributed by atoms with Gasteiger partial charge in [0.1, 0.15) is 12.7 Å². The average molecular weight is 363 g/mol. The first-order valence-electron chi connectivity index (χ1n) is 6.19. The van der Waals surface area contributed by atoms with E-state index in [4.69, 9.17) is 0 Å². The van der Waals surface area contributed by atoms with Gasteiger partial charge >= 0.3 is 0 Å². The van der Waals surface area contributed by atoms with Gasteiger partial charge in [0, 0.05) is 5.69 Å². The van der Waals surface area contributed by atoms with E-state index in [9.17, 15) is 4.79 Å². The molecule has 0 radical (unpaired) electrons. The number of rotatable bonds is 4. The molecular formula is C14H11BrN4OS. The van der Waals surface area contributed by atoms with Gasteiger partial charge in [0.25, 0.3) is 5.91 Å². The first-order chi connectivity index (χ1) is 10.2. The van der Waals surface area contributed by atoms with Crippen molar-refractivity contribution in [2.24, 2.45) is 0 Å². The van der Waals surface area contributed by atoms with Crippen LogP contribution in [0.5, 0.6) is 0 Å². The summed E-state index contributed by atoms with van der Waals surface area (Å²) in [5.41, 5.74) is 1.81. The third kappa shape index (κ3) is 3.56. The SMILES string of the molecule is O=C(Nc1cccc(Cn2cncn2)c1)c1ccc(Br)s1. The van der Waals surface area contributed by atoms with Gasteiger partial charge in [-0.3, -0.25) is 4.79 Å². The van der Waals surface area contributed by atoms with Crippen LogP contribution in [-0.2, 0) is 6.54 Å². The monoisotopic (exact) mass is 362 g/mol. The number of halogens is 1. The quantitative estimate of drug-likeness (QED) is 0.773. The van der Waals surface area contributed by atoms with E-state index in [-0.39, 0.29) is 5.91 Å². The Labute approximate surface area is 133 Å². The van der Waals surface area contributed by atoms with Gasteiger partial charge in [-0.15, -0.1) is 11.3 Å². The molecule has 0 unspecified atom stereocenters. The summed E-state index contributed by atoms with van der Waals surface area (Å²) in [4.78, 5) is 16.7. The lowest BCUT2D eigenvalue weighted by molar-refractivity contribution is 0.103. The van der Waals surface area contributed by atoms with E-state index in [2.05, 4.69) is 31.3 Å². The fourth-order valence-corrected chi connectivity index (χ4v) is 3.16. The van der Waals surface area contributed by atoms with Crippen molar-refractivity contribution in [3.8, 4) is 0 Å². The zero-order valence-electron chi connectivity index (χ0n) is 10.9. The van der Waals surface area contributed by atoms with Crippen molar-refractivity contribution in [3.63, 3.8) is 0 Å². The summed E-state index contributed by atoms with van der Waals surface area (Å²) in [6, 6.07) is 11.4. The molecule has 0 aliphatic carbocycles. The van der Waals surface area contributed by atoms with Crippen LogP contribution in [0.3, 0.4) is 0 Å². The Morgan fingerprint density at radius 1 is 1.33 bits per heavy atom. The first kappa shape index (κ1) is 14.0. The van der Waals surface area contributed by atoms with E-state index in [1.807, 2.05) is 30.3 Å². The lowest BCUT2D eigenvalue weighted by Gasteiger charge is -2.06. The summed E-state index contributed by atoms with van der Waals surface area (Å²) in [5, 5.41) is 6.96. The summed E-state index contributed by atoms with van der Waals surface area (Å²) in [6.45, 7) is 0.619. The van der Waals surface area contributed by atoms with E-state index in [1.165, 1.54) is 17.7 Å². The molecule has 2 aromatic heterocycles. The minimum Gasteiger partial charge on any atom is -0.321 e. The standard InChI is InChI=1S/C14H11BrN4OS/c15-13-5-4-12(21-13)14(20)18-11-3-1-2-10(6-11)7-19-9-16-8-17-19/h1-6,8-9H,7H2,(H,18,20). The Hall–Kier alpha value is -1.99. The number of amides is 1. The fourth-order valence-electron chi connectivity index (χ4n) is 1.88. The second-order valence-corrected chi connectivity index (χ2v) is 6.81. The minimum atomic E-state index is -0.108. The van der Waals surface area contributed by atoms with Gasteiger partial charge in [-0.25, -0.2) is 9.67 Å². The molecule has 0 saturated heterocycles. The van der Waals surface area contributed by atoms with Crippen LogP contribution < -0.4 is 5.32 Å². The van der Waals surface area contributed by atoms with E-state index in [0.29, 0.717) is 11.4 Å². The average Bonchev–Trinajstić information content (AvgIpc) is 3.11. The molecule has 3 rings (SSSR count). The highest BCUT2D eigenvalue weighted by molar-refractivity contribution is 9.11. The molecule has 106 valence electrons. The summed E-state index contributed by atoms with van der Waals surface area (Å²) >= 11 is 4.76. The molecule has 0 atom stereocenters. The van der Waals surface area contributed by atoms with Crippen LogP contribution in [-0.4, -0.2) is 20.7 Å². The van der Waals surface area contributed by atoms with E-state index >= 15 is 0 Å². The second-order valence-electron chi connectivity index (χ2n) is 4.35. The lowest BCUT2D eigenvalue weighted by atomic mass is 10.2. The Bertz CT molecular complexity index is 754. The molecule has 0 saturated carbocycles. The third-order valence-electron chi connectivity index (χ3n) is 2.79. The molecule has 0 spiro atoms. The smallest absolute Gasteiger partial charge is 0.265 e. The molecule has 0 fully saturated rings. The molecular weight excluding hydrogens is 352 g/mol. The maximum Gasteiger partial charge on any atom is 0.265 e. The van der Waals surface area contributed by atoms with Gasteiger partial charge in [-0.1, -0.05) is 12.1 Å². The summed E-state index contributed by atoms with van der Waals surface area (Å²) in [5.74, 6) is -0.108. The molecule has 0 aliphatic rings. The van der Waals surface area contributed by atoms with E-state index < -0.39 is 0 Å². The number of nitrogens with one attached hydrogen (secondary N) is 1. The number of carbonyl (C=O) groups is 1. The van der Waals surface area contributed by atoms with Crippen LogP contribution in [0.15, 0.2) is 52.8 Å². The van der Waals surface area contributed by atoms with Crippen molar-refractivity contribution in [2.45, 2.75) is 6.54 Å². The number of hydrogen-bond acceptors (Lipinski definition) is 4. The lowest BCUT2D eigenvalue weighted by Crippen LogP contribution is -2.10. The van der Waals surface area contributed by atoms with Gasteiger partial charge in [0.2, 0.25) is 0 Å². The minimum absolute atomic E-state index is 0.108. The van der Waals surface area contributed by atoms with Crippen molar-refractivity contribution in [3.05, 3.63) is 63.3 Å². The Morgan fingerprint density at radius 3 is 2.95 bits per heavy atom. The Balaban J connectivity index is 1.72. The fraction of sp³-hybridized carbons (Fsp3) is 0.0714. The molecule has 3 aromatic rings. The highest BCUT2D eigenvalue weighted by Crippen LogP contribution is 2.23. The predicted octanol–water partition coefficient (Wildman–Crippen LogP) is 3.40. The largest absolute Gasteiger partial charge is 0.321 e. The Morgan fingerprint density at radius 2 is 2.24 bits per heavy atom. The summed E-state index contributed by atoms with van der Waals surface area (Å²) < 4.78 is 2.67. The molecule has 1 amide bonds. The molecule has 0 aliphatic heterocycles. The number of anilines is 1. The zero-order chi connectivity index (χ0) is 14.7. The molecule has 7 heteroatoms. The number of aromatic nitrogens is 3. The number of nitrogens with zero attached hydrogens (tertiary/aromatic N) is 3. The van der Waals surface area contributed by atoms with Crippen molar-refractivity contribution in [2.75, 3.05) is 5.32 Å². The molecule has 21 heavy (non-hydrogen) atoms. The highest BCUT2D eigenvalue weighted by atomic mass is 79.9. The van der Waals surface area contributed by atoms with Crippen LogP contribution in [0, 0.1) is 0 Å². The maximum atomic E-state index is 12.1. The first-order valence-corrected chi connectivity index (χ1v) is 7.80. The van der Waals surface area contributed by atoms with Crippen molar-refractivity contribution < 1.29 is 4.79 Å². The molecule has 1 N–H and O–H groups in total. The van der Waals surface area contributed by atoms with Gasteiger partial charge < -0.3 is 5.32 Å². The van der Waals surface area contributed by atoms with Gasteiger partial charge in [0.15, 0.2) is 0 Å². The van der Waals surface area contributed by atoms with E-state index in [0.717, 1.165) is 15.0 Å². The number of thiophene rings is 1. The molecule has 5 nitrogen and oxygen atoms in total. The van der Waals surface area contributed by atoms with Gasteiger partial charge in [-0.2, -0.15) is 5.10 Å². The van der Waals surface area contributed by atoms with Crippen LogP contribution in [0.1, 0.15) is 15.2 Å². The van der Waals surface area contributed by atoms with Gasteiger partial charge in [-0.05, 0) is 45.8 Å². The summed E-state index contributed by atoms with van der Waals surface area (Å²) in [6.07, 6.45) is 3.16. The zero-order valence-corrected chi connectivity index (χ0v) is 13.3. The maximum absolute atomic E-state index is 12.1. The predicted molar refractivity (Wildman–Crippen MR) is 85.5 cm³/mol. The third-order valence-corrected chi connectivity index (χ3v) is 4.42. The Kier molecular flexibility index (Phi) is 4.12. The van der Waals surface area contributed by atoms with Crippen molar-refractivity contribution in [1.82, 2.24) is 14.8 Å². The van der Waals surface area contributed by atoms with Crippen LogP contribution in [0.4, 0.5) is 5.69 Å². The van der Waals surface area contributed by atoms with Crippen LogP contribution in [0.2, 0.25) is 0 Å². The highest BCUT2D eigenvalue weighted by Gasteiger charge is 2.09. The number of benzene rings is 1. The van der Waals surface area contributed by atoms with E-state index in [1.54, 1.807) is 17.1 Å². The molecule has 0 bridgehead atoms. The van der Waals surface area contributed by atoms with Crippen LogP contribution in [0.25, 0.3) is 0 Å².